The fourth-order valence-corrected chi connectivity index (χ4v) is 2.18. The molecule has 86 valence electrons. The molecule has 1 aliphatic carbocycles. The summed E-state index contributed by atoms with van der Waals surface area (Å²) in [5.41, 5.74) is 0. The first-order valence-electron chi connectivity index (χ1n) is 6.24. The number of nitrogens with zero attached hydrogens (tertiary/aromatic N) is 2. The van der Waals surface area contributed by atoms with Crippen LogP contribution in [0.25, 0.3) is 0 Å². The van der Waals surface area contributed by atoms with Crippen molar-refractivity contribution in [3.8, 4) is 0 Å². The third-order valence-corrected chi connectivity index (χ3v) is 3.40. The highest BCUT2D eigenvalue weighted by molar-refractivity contribution is 5.75. The first kappa shape index (κ1) is 10.8. The molecule has 0 atom stereocenters. The second-order valence-corrected chi connectivity index (χ2v) is 5.17. The Kier molecular flexibility index (Phi) is 3.17. The Morgan fingerprint density at radius 1 is 1.33 bits per heavy atom. The van der Waals surface area contributed by atoms with Gasteiger partial charge in [0.05, 0.1) is 0 Å². The van der Waals surface area contributed by atoms with Crippen molar-refractivity contribution in [2.75, 3.05) is 19.6 Å². The van der Waals surface area contributed by atoms with E-state index < -0.39 is 0 Å². The molecule has 15 heavy (non-hydrogen) atoms. The Bertz CT molecular complexity index is 230. The summed E-state index contributed by atoms with van der Waals surface area (Å²) in [5.74, 6) is 0.791. The van der Waals surface area contributed by atoms with Crippen molar-refractivity contribution < 1.29 is 4.79 Å². The second kappa shape index (κ2) is 4.42. The van der Waals surface area contributed by atoms with Gasteiger partial charge in [-0.3, -0.25) is 0 Å². The van der Waals surface area contributed by atoms with Crippen LogP contribution in [0.2, 0.25) is 0 Å². The molecular formula is C12H22N2O. The molecular weight excluding hydrogens is 188 g/mol. The quantitative estimate of drug-likeness (QED) is 0.701. The summed E-state index contributed by atoms with van der Waals surface area (Å²) in [6.07, 6.45) is 5.00. The molecule has 0 spiro atoms. The molecule has 2 amide bonds. The van der Waals surface area contributed by atoms with E-state index in [1.165, 1.54) is 25.7 Å². The third-order valence-electron chi connectivity index (χ3n) is 3.40. The van der Waals surface area contributed by atoms with Crippen molar-refractivity contribution in [1.82, 2.24) is 9.80 Å². The summed E-state index contributed by atoms with van der Waals surface area (Å²) in [5, 5.41) is 0. The van der Waals surface area contributed by atoms with Crippen molar-refractivity contribution in [1.29, 1.82) is 0 Å². The van der Waals surface area contributed by atoms with E-state index in [4.69, 9.17) is 0 Å². The van der Waals surface area contributed by atoms with E-state index in [0.717, 1.165) is 25.6 Å². The van der Waals surface area contributed by atoms with E-state index >= 15 is 0 Å². The van der Waals surface area contributed by atoms with E-state index in [2.05, 4.69) is 18.7 Å². The van der Waals surface area contributed by atoms with Crippen molar-refractivity contribution >= 4 is 6.03 Å². The van der Waals surface area contributed by atoms with Crippen molar-refractivity contribution in [3.63, 3.8) is 0 Å². The molecule has 3 heteroatoms. The molecule has 3 nitrogen and oxygen atoms in total. The minimum absolute atomic E-state index is 0.273. The van der Waals surface area contributed by atoms with Crippen LogP contribution >= 0.6 is 0 Å². The van der Waals surface area contributed by atoms with Gasteiger partial charge in [0, 0.05) is 25.7 Å². The average Bonchev–Trinajstić information content (AvgIpc) is 2.84. The lowest BCUT2D eigenvalue weighted by atomic mass is 10.3. The number of amides is 2. The lowest BCUT2D eigenvalue weighted by Crippen LogP contribution is -2.46. The summed E-state index contributed by atoms with van der Waals surface area (Å²) in [7, 11) is 0. The smallest absolute Gasteiger partial charge is 0.320 e. The van der Waals surface area contributed by atoms with Crippen LogP contribution in [0.5, 0.6) is 0 Å². The summed E-state index contributed by atoms with van der Waals surface area (Å²) in [6, 6.07) is 0.619. The SMILES string of the molecule is CC(C)N(CC1CC1)C(=O)N1CCCC1. The number of hydrogen-bond acceptors (Lipinski definition) is 1. The molecule has 0 aromatic heterocycles. The van der Waals surface area contributed by atoms with E-state index in [-0.39, 0.29) is 6.03 Å². The predicted octanol–water partition coefficient (Wildman–Crippen LogP) is 2.32. The molecule has 0 N–H and O–H groups in total. The molecule has 1 aliphatic heterocycles. The molecule has 0 aromatic rings. The average molecular weight is 210 g/mol. The topological polar surface area (TPSA) is 23.6 Å². The lowest BCUT2D eigenvalue weighted by molar-refractivity contribution is 0.146. The minimum Gasteiger partial charge on any atom is -0.325 e. The Morgan fingerprint density at radius 3 is 2.40 bits per heavy atom. The molecule has 1 saturated heterocycles. The first-order chi connectivity index (χ1) is 7.18. The first-order valence-corrected chi connectivity index (χ1v) is 6.24. The fourth-order valence-electron chi connectivity index (χ4n) is 2.18. The van der Waals surface area contributed by atoms with Crippen LogP contribution in [0.1, 0.15) is 39.5 Å². The van der Waals surface area contributed by atoms with Gasteiger partial charge in [-0.15, -0.1) is 0 Å². The maximum Gasteiger partial charge on any atom is 0.320 e. The predicted molar refractivity (Wildman–Crippen MR) is 60.8 cm³/mol. The van der Waals surface area contributed by atoms with Gasteiger partial charge in [0.15, 0.2) is 0 Å². The van der Waals surface area contributed by atoms with Crippen molar-refractivity contribution in [3.05, 3.63) is 0 Å². The highest BCUT2D eigenvalue weighted by Gasteiger charge is 2.31. The lowest BCUT2D eigenvalue weighted by Gasteiger charge is -2.31. The van der Waals surface area contributed by atoms with Crippen LogP contribution in [-0.4, -0.2) is 41.5 Å². The van der Waals surface area contributed by atoms with Gasteiger partial charge in [0.25, 0.3) is 0 Å². The summed E-state index contributed by atoms with van der Waals surface area (Å²) in [4.78, 5) is 16.3. The zero-order chi connectivity index (χ0) is 10.8. The third kappa shape index (κ3) is 2.64. The highest BCUT2D eigenvalue weighted by atomic mass is 16.2. The molecule has 2 aliphatic rings. The largest absolute Gasteiger partial charge is 0.325 e. The number of carbonyl (C=O) groups is 1. The van der Waals surface area contributed by atoms with Gasteiger partial charge in [-0.2, -0.15) is 0 Å². The number of urea groups is 1. The van der Waals surface area contributed by atoms with Crippen LogP contribution in [0.3, 0.4) is 0 Å². The van der Waals surface area contributed by atoms with Gasteiger partial charge >= 0.3 is 6.03 Å². The van der Waals surface area contributed by atoms with Gasteiger partial charge in [-0.1, -0.05) is 0 Å². The van der Waals surface area contributed by atoms with Crippen LogP contribution < -0.4 is 0 Å². The Balaban J connectivity index is 1.92. The van der Waals surface area contributed by atoms with Gasteiger partial charge in [0.1, 0.15) is 0 Å². The molecule has 1 heterocycles. The van der Waals surface area contributed by atoms with Crippen LogP contribution in [0, 0.1) is 5.92 Å². The van der Waals surface area contributed by atoms with E-state index in [1.54, 1.807) is 0 Å². The fraction of sp³-hybridized carbons (Fsp3) is 0.917. The van der Waals surface area contributed by atoms with Crippen LogP contribution in [0.15, 0.2) is 0 Å². The Labute approximate surface area is 92.4 Å². The number of likely N-dealkylation sites (tertiary alicyclic amines) is 1. The Morgan fingerprint density at radius 2 is 1.93 bits per heavy atom. The van der Waals surface area contributed by atoms with Crippen LogP contribution in [0.4, 0.5) is 4.79 Å². The number of hydrogen-bond donors (Lipinski definition) is 0. The number of carbonyl (C=O) groups excluding carboxylic acids is 1. The highest BCUT2D eigenvalue weighted by Crippen LogP contribution is 2.30. The zero-order valence-electron chi connectivity index (χ0n) is 9.91. The van der Waals surface area contributed by atoms with Gasteiger partial charge < -0.3 is 9.80 Å². The summed E-state index contributed by atoms with van der Waals surface area (Å²) in [6.45, 7) is 7.15. The molecule has 0 radical (unpaired) electrons. The normalized spacial score (nSPS) is 21.1. The van der Waals surface area contributed by atoms with Gasteiger partial charge in [0.2, 0.25) is 0 Å². The summed E-state index contributed by atoms with van der Waals surface area (Å²) >= 11 is 0. The molecule has 2 fully saturated rings. The molecule has 0 bridgehead atoms. The monoisotopic (exact) mass is 210 g/mol. The van der Waals surface area contributed by atoms with Crippen LogP contribution in [-0.2, 0) is 0 Å². The molecule has 0 aromatic carbocycles. The van der Waals surface area contributed by atoms with Crippen molar-refractivity contribution in [2.45, 2.75) is 45.6 Å². The summed E-state index contributed by atoms with van der Waals surface area (Å²) < 4.78 is 0. The zero-order valence-corrected chi connectivity index (χ0v) is 9.91. The second-order valence-electron chi connectivity index (χ2n) is 5.17. The van der Waals surface area contributed by atoms with Gasteiger partial charge in [-0.05, 0) is 45.4 Å². The standard InChI is InChI=1S/C12H22N2O/c1-10(2)14(9-11-5-6-11)12(15)13-7-3-4-8-13/h10-11H,3-9H2,1-2H3. The van der Waals surface area contributed by atoms with Gasteiger partial charge in [-0.25, -0.2) is 4.79 Å². The van der Waals surface area contributed by atoms with E-state index in [1.807, 2.05) is 4.90 Å². The van der Waals surface area contributed by atoms with E-state index in [0.29, 0.717) is 6.04 Å². The minimum atomic E-state index is 0.273. The maximum atomic E-state index is 12.2. The molecule has 0 unspecified atom stereocenters. The van der Waals surface area contributed by atoms with Crippen molar-refractivity contribution in [2.24, 2.45) is 5.92 Å². The number of rotatable bonds is 3. The maximum absolute atomic E-state index is 12.2. The van der Waals surface area contributed by atoms with E-state index in [9.17, 15) is 4.79 Å². The molecule has 1 saturated carbocycles. The molecule has 2 rings (SSSR count). The Hall–Kier alpha value is -0.730.